The zero-order valence-corrected chi connectivity index (χ0v) is 10.5. The summed E-state index contributed by atoms with van der Waals surface area (Å²) in [6, 6.07) is 0. The Morgan fingerprint density at radius 3 is 2.69 bits per heavy atom. The number of rotatable bonds is 5. The van der Waals surface area contributed by atoms with Crippen LogP contribution in [0.1, 0.15) is 39.0 Å². The number of hydrogen-bond donors (Lipinski definition) is 2. The average Bonchev–Trinajstić information content (AvgIpc) is 2.87. The molecule has 2 fully saturated rings. The van der Waals surface area contributed by atoms with E-state index in [4.69, 9.17) is 0 Å². The predicted molar refractivity (Wildman–Crippen MR) is 66.5 cm³/mol. The lowest BCUT2D eigenvalue weighted by atomic mass is 9.85. The maximum Gasteiger partial charge on any atom is 0.0679 e. The molecule has 3 nitrogen and oxygen atoms in total. The molecule has 16 heavy (non-hydrogen) atoms. The van der Waals surface area contributed by atoms with Gasteiger partial charge < -0.3 is 15.3 Å². The van der Waals surface area contributed by atoms with Gasteiger partial charge in [0.15, 0.2) is 0 Å². The molecule has 1 aliphatic heterocycles. The van der Waals surface area contributed by atoms with Crippen LogP contribution in [-0.2, 0) is 0 Å². The molecule has 1 saturated carbocycles. The van der Waals surface area contributed by atoms with Crippen molar-refractivity contribution in [2.75, 3.05) is 32.7 Å². The van der Waals surface area contributed by atoms with Crippen LogP contribution in [0.2, 0.25) is 0 Å². The van der Waals surface area contributed by atoms with E-state index in [1.807, 2.05) is 0 Å². The number of hydrogen-bond acceptors (Lipinski definition) is 3. The summed E-state index contributed by atoms with van der Waals surface area (Å²) in [5.41, 5.74) is 0.500. The predicted octanol–water partition coefficient (Wildman–Crippen LogP) is 1.22. The van der Waals surface area contributed by atoms with Gasteiger partial charge in [-0.1, -0.05) is 19.8 Å². The molecule has 94 valence electrons. The maximum absolute atomic E-state index is 9.58. The fourth-order valence-corrected chi connectivity index (χ4v) is 3.34. The molecule has 0 amide bonds. The molecule has 1 heterocycles. The van der Waals surface area contributed by atoms with E-state index >= 15 is 0 Å². The van der Waals surface area contributed by atoms with Crippen molar-refractivity contribution in [2.45, 2.75) is 45.1 Å². The van der Waals surface area contributed by atoms with E-state index in [1.54, 1.807) is 0 Å². The average molecular weight is 226 g/mol. The van der Waals surface area contributed by atoms with E-state index < -0.39 is 0 Å². The van der Waals surface area contributed by atoms with E-state index in [0.717, 1.165) is 32.6 Å². The van der Waals surface area contributed by atoms with Crippen molar-refractivity contribution < 1.29 is 5.11 Å². The molecule has 0 bridgehead atoms. The van der Waals surface area contributed by atoms with Gasteiger partial charge in [0.05, 0.1) is 6.10 Å². The van der Waals surface area contributed by atoms with Crippen LogP contribution in [0.5, 0.6) is 0 Å². The van der Waals surface area contributed by atoms with Crippen molar-refractivity contribution in [1.82, 2.24) is 10.2 Å². The largest absolute Gasteiger partial charge is 0.392 e. The van der Waals surface area contributed by atoms with Crippen LogP contribution in [0.15, 0.2) is 0 Å². The Morgan fingerprint density at radius 2 is 2.12 bits per heavy atom. The van der Waals surface area contributed by atoms with Gasteiger partial charge in [-0.2, -0.15) is 0 Å². The third kappa shape index (κ3) is 2.96. The lowest BCUT2D eigenvalue weighted by Gasteiger charge is -2.33. The number of likely N-dealkylation sites (tertiary alicyclic amines) is 1. The standard InChI is InChI=1S/C13H26N2O/c1-2-14-10-13(6-3-4-7-13)11-15-8-5-12(16)9-15/h12,14,16H,2-11H2,1H3. The molecular formula is C13H26N2O. The van der Waals surface area contributed by atoms with Crippen LogP contribution in [-0.4, -0.2) is 48.8 Å². The van der Waals surface area contributed by atoms with Gasteiger partial charge in [0.25, 0.3) is 0 Å². The Hall–Kier alpha value is -0.120. The highest BCUT2D eigenvalue weighted by atomic mass is 16.3. The van der Waals surface area contributed by atoms with Gasteiger partial charge in [-0.15, -0.1) is 0 Å². The molecule has 0 aromatic rings. The Kier molecular flexibility index (Phi) is 4.22. The highest BCUT2D eigenvalue weighted by molar-refractivity contribution is 4.91. The molecule has 2 aliphatic rings. The number of aliphatic hydroxyl groups is 1. The third-order valence-electron chi connectivity index (χ3n) is 4.22. The normalized spacial score (nSPS) is 30.0. The molecular weight excluding hydrogens is 200 g/mol. The summed E-state index contributed by atoms with van der Waals surface area (Å²) < 4.78 is 0. The van der Waals surface area contributed by atoms with E-state index in [1.165, 1.54) is 32.2 Å². The van der Waals surface area contributed by atoms with Gasteiger partial charge in [0.2, 0.25) is 0 Å². The van der Waals surface area contributed by atoms with Crippen LogP contribution < -0.4 is 5.32 Å². The van der Waals surface area contributed by atoms with E-state index in [-0.39, 0.29) is 6.10 Å². The number of nitrogens with one attached hydrogen (secondary N) is 1. The third-order valence-corrected chi connectivity index (χ3v) is 4.22. The molecule has 0 spiro atoms. The summed E-state index contributed by atoms with van der Waals surface area (Å²) in [5, 5.41) is 13.1. The zero-order valence-electron chi connectivity index (χ0n) is 10.5. The summed E-state index contributed by atoms with van der Waals surface area (Å²) in [4.78, 5) is 2.47. The minimum atomic E-state index is -0.0717. The summed E-state index contributed by atoms with van der Waals surface area (Å²) in [6.45, 7) is 7.60. The Labute approximate surface area is 99.2 Å². The van der Waals surface area contributed by atoms with Gasteiger partial charge in [-0.05, 0) is 31.2 Å². The van der Waals surface area contributed by atoms with E-state index in [9.17, 15) is 5.11 Å². The monoisotopic (exact) mass is 226 g/mol. The second kappa shape index (κ2) is 5.48. The maximum atomic E-state index is 9.58. The summed E-state index contributed by atoms with van der Waals surface area (Å²) in [7, 11) is 0. The van der Waals surface area contributed by atoms with Crippen molar-refractivity contribution in [2.24, 2.45) is 5.41 Å². The van der Waals surface area contributed by atoms with Crippen LogP contribution in [0.25, 0.3) is 0 Å². The minimum Gasteiger partial charge on any atom is -0.392 e. The summed E-state index contributed by atoms with van der Waals surface area (Å²) in [6.07, 6.45) is 6.41. The Bertz CT molecular complexity index is 214. The first-order chi connectivity index (χ1) is 7.74. The van der Waals surface area contributed by atoms with Gasteiger partial charge in [-0.3, -0.25) is 0 Å². The van der Waals surface area contributed by atoms with Gasteiger partial charge in [0, 0.05) is 26.2 Å². The molecule has 2 N–H and O–H groups in total. The lowest BCUT2D eigenvalue weighted by Crippen LogP contribution is -2.42. The first kappa shape index (κ1) is 12.3. The fraction of sp³-hybridized carbons (Fsp3) is 1.00. The highest BCUT2D eigenvalue weighted by Gasteiger charge is 2.36. The Morgan fingerprint density at radius 1 is 1.38 bits per heavy atom. The van der Waals surface area contributed by atoms with Crippen LogP contribution in [0, 0.1) is 5.41 Å². The van der Waals surface area contributed by atoms with Crippen molar-refractivity contribution in [3.63, 3.8) is 0 Å². The van der Waals surface area contributed by atoms with Crippen molar-refractivity contribution >= 4 is 0 Å². The first-order valence-corrected chi connectivity index (χ1v) is 6.85. The van der Waals surface area contributed by atoms with Gasteiger partial charge in [0.1, 0.15) is 0 Å². The molecule has 0 radical (unpaired) electrons. The second-order valence-corrected chi connectivity index (χ2v) is 5.67. The Balaban J connectivity index is 1.86. The number of nitrogens with zero attached hydrogens (tertiary/aromatic N) is 1. The first-order valence-electron chi connectivity index (χ1n) is 6.85. The SMILES string of the molecule is CCNCC1(CN2CCC(O)C2)CCCC1. The highest BCUT2D eigenvalue weighted by Crippen LogP contribution is 2.38. The van der Waals surface area contributed by atoms with E-state index in [0.29, 0.717) is 5.41 Å². The summed E-state index contributed by atoms with van der Waals surface area (Å²) >= 11 is 0. The molecule has 1 unspecified atom stereocenters. The minimum absolute atomic E-state index is 0.0717. The van der Waals surface area contributed by atoms with Crippen LogP contribution in [0.4, 0.5) is 0 Å². The lowest BCUT2D eigenvalue weighted by molar-refractivity contribution is 0.140. The van der Waals surface area contributed by atoms with Gasteiger partial charge >= 0.3 is 0 Å². The smallest absolute Gasteiger partial charge is 0.0679 e. The van der Waals surface area contributed by atoms with Crippen molar-refractivity contribution in [3.8, 4) is 0 Å². The fourth-order valence-electron chi connectivity index (χ4n) is 3.34. The molecule has 0 aromatic carbocycles. The molecule has 1 atom stereocenters. The molecule has 1 saturated heterocycles. The van der Waals surface area contributed by atoms with E-state index in [2.05, 4.69) is 17.1 Å². The topological polar surface area (TPSA) is 35.5 Å². The number of β-amino-alcohol motifs (C(OH)–C–C–N with tert-alkyl or cyclic N) is 1. The summed E-state index contributed by atoms with van der Waals surface area (Å²) in [5.74, 6) is 0. The molecule has 2 rings (SSSR count). The van der Waals surface area contributed by atoms with Gasteiger partial charge in [-0.25, -0.2) is 0 Å². The van der Waals surface area contributed by atoms with Crippen LogP contribution in [0.3, 0.4) is 0 Å². The zero-order chi connectivity index (χ0) is 11.4. The van der Waals surface area contributed by atoms with Crippen molar-refractivity contribution in [1.29, 1.82) is 0 Å². The molecule has 3 heteroatoms. The quantitative estimate of drug-likeness (QED) is 0.740. The molecule has 0 aromatic heterocycles. The van der Waals surface area contributed by atoms with Crippen LogP contribution >= 0.6 is 0 Å². The second-order valence-electron chi connectivity index (χ2n) is 5.67. The van der Waals surface area contributed by atoms with Crippen molar-refractivity contribution in [3.05, 3.63) is 0 Å². The molecule has 1 aliphatic carbocycles. The number of aliphatic hydroxyl groups excluding tert-OH is 1.